The number of benzene rings is 2. The van der Waals surface area contributed by atoms with Gasteiger partial charge in [-0.2, -0.15) is 0 Å². The van der Waals surface area contributed by atoms with Gasteiger partial charge in [0, 0.05) is 57.1 Å². The normalized spacial score (nSPS) is 15.6. The van der Waals surface area contributed by atoms with Crippen LogP contribution < -0.4 is 20.3 Å². The van der Waals surface area contributed by atoms with E-state index in [9.17, 15) is 14.4 Å². The van der Waals surface area contributed by atoms with Gasteiger partial charge in [0.2, 0.25) is 11.9 Å². The Morgan fingerprint density at radius 1 is 1.00 bits per heavy atom. The molecule has 0 spiro atoms. The summed E-state index contributed by atoms with van der Waals surface area (Å²) in [5.74, 6) is 0.652. The van der Waals surface area contributed by atoms with Crippen molar-refractivity contribution >= 4 is 40.9 Å². The number of amides is 3. The molecule has 256 valence electrons. The zero-order valence-corrected chi connectivity index (χ0v) is 29.1. The van der Waals surface area contributed by atoms with Crippen LogP contribution in [0.5, 0.6) is 5.75 Å². The van der Waals surface area contributed by atoms with Gasteiger partial charge >= 0.3 is 12.0 Å². The minimum atomic E-state index is -0.477. The standard InChI is InChI=1S/C36H52N6O5/c1-25(36(2,3)4)47-33(44)24-42-23-26-22-30(46-21-11-14-32(43)41(7)29-12-9-8-10-13-29)19-20-31(26)38-34(42)39-35(45)37-27-15-17-28(18-16-27)40(5)6/h15-20,22,25,29H,8-14,21,23-24H2,1-7H3,(H2,37,38,39,45). The van der Waals surface area contributed by atoms with Crippen LogP contribution in [0.15, 0.2) is 47.5 Å². The highest BCUT2D eigenvalue weighted by molar-refractivity contribution is 6.04. The van der Waals surface area contributed by atoms with Crippen LogP contribution >= 0.6 is 0 Å². The third-order valence-corrected chi connectivity index (χ3v) is 8.97. The van der Waals surface area contributed by atoms with Crippen molar-refractivity contribution in [3.8, 4) is 5.75 Å². The Labute approximate surface area is 279 Å². The number of nitrogens with zero attached hydrogens (tertiary/aromatic N) is 4. The number of ether oxygens (including phenoxy) is 2. The largest absolute Gasteiger partial charge is 0.494 e. The van der Waals surface area contributed by atoms with Crippen molar-refractivity contribution in [3.05, 3.63) is 48.0 Å². The van der Waals surface area contributed by atoms with E-state index < -0.39 is 12.0 Å². The van der Waals surface area contributed by atoms with E-state index in [-0.39, 0.29) is 29.9 Å². The van der Waals surface area contributed by atoms with Gasteiger partial charge in [0.15, 0.2) is 0 Å². The predicted octanol–water partition coefficient (Wildman–Crippen LogP) is 6.31. The zero-order valence-electron chi connectivity index (χ0n) is 29.1. The van der Waals surface area contributed by atoms with E-state index in [2.05, 4.69) is 10.6 Å². The van der Waals surface area contributed by atoms with Crippen molar-refractivity contribution < 1.29 is 23.9 Å². The number of hydrogen-bond donors (Lipinski definition) is 2. The van der Waals surface area contributed by atoms with Crippen molar-refractivity contribution in [3.63, 3.8) is 0 Å². The van der Waals surface area contributed by atoms with Crippen molar-refractivity contribution in [1.29, 1.82) is 0 Å². The van der Waals surface area contributed by atoms with Crippen molar-refractivity contribution in [1.82, 2.24) is 15.1 Å². The Morgan fingerprint density at radius 3 is 2.36 bits per heavy atom. The molecule has 2 aromatic rings. The molecule has 47 heavy (non-hydrogen) atoms. The zero-order chi connectivity index (χ0) is 34.1. The number of nitrogens with one attached hydrogen (secondary N) is 2. The topological polar surface area (TPSA) is 116 Å². The smallest absolute Gasteiger partial charge is 0.326 e. The maximum Gasteiger partial charge on any atom is 0.326 e. The molecule has 1 unspecified atom stereocenters. The second-order valence-electron chi connectivity index (χ2n) is 13.8. The fourth-order valence-corrected chi connectivity index (χ4v) is 5.53. The molecule has 4 rings (SSSR count). The van der Waals surface area contributed by atoms with Gasteiger partial charge in [-0.25, -0.2) is 9.79 Å². The van der Waals surface area contributed by atoms with Gasteiger partial charge in [0.25, 0.3) is 0 Å². The summed E-state index contributed by atoms with van der Waals surface area (Å²) in [4.78, 5) is 49.1. The van der Waals surface area contributed by atoms with E-state index in [1.165, 1.54) is 19.3 Å². The number of carbonyl (C=O) groups is 3. The number of urea groups is 1. The lowest BCUT2D eigenvalue weighted by atomic mass is 9.90. The molecule has 1 aliphatic carbocycles. The first-order valence-corrected chi connectivity index (χ1v) is 16.7. The molecule has 1 atom stereocenters. The van der Waals surface area contributed by atoms with Crippen molar-refractivity contribution in [2.24, 2.45) is 10.4 Å². The number of hydrogen-bond acceptors (Lipinski definition) is 8. The third kappa shape index (κ3) is 10.4. The predicted molar refractivity (Wildman–Crippen MR) is 186 cm³/mol. The lowest BCUT2D eigenvalue weighted by Crippen LogP contribution is -2.49. The summed E-state index contributed by atoms with van der Waals surface area (Å²) in [5, 5.41) is 5.66. The first-order valence-electron chi connectivity index (χ1n) is 16.7. The molecule has 11 nitrogen and oxygen atoms in total. The highest BCUT2D eigenvalue weighted by Crippen LogP contribution is 2.30. The summed E-state index contributed by atoms with van der Waals surface area (Å²) in [6.07, 6.45) is 6.59. The average Bonchev–Trinajstić information content (AvgIpc) is 3.03. The minimum Gasteiger partial charge on any atom is -0.494 e. The van der Waals surface area contributed by atoms with Crippen LogP contribution in [0, 0.1) is 5.41 Å². The molecule has 3 amide bonds. The molecule has 0 aromatic heterocycles. The highest BCUT2D eigenvalue weighted by atomic mass is 16.5. The van der Waals surface area contributed by atoms with E-state index in [1.54, 1.807) is 4.90 Å². The molecule has 1 saturated carbocycles. The van der Waals surface area contributed by atoms with Crippen LogP contribution in [0.2, 0.25) is 0 Å². The van der Waals surface area contributed by atoms with Gasteiger partial charge in [-0.3, -0.25) is 14.9 Å². The number of fused-ring (bicyclic) bond motifs is 1. The lowest BCUT2D eigenvalue weighted by Gasteiger charge is -2.32. The average molecular weight is 649 g/mol. The van der Waals surface area contributed by atoms with Crippen LogP contribution in [0.1, 0.15) is 78.2 Å². The Bertz CT molecular complexity index is 1410. The van der Waals surface area contributed by atoms with E-state index >= 15 is 0 Å². The SMILES string of the molecule is CC(OC(=O)CN1Cc2cc(OCCCC(=O)N(C)C3CCCCC3)ccc2N=C1NC(=O)Nc1ccc(N(C)C)cc1)C(C)(C)C. The van der Waals surface area contributed by atoms with E-state index in [0.717, 1.165) is 24.1 Å². The fraction of sp³-hybridized carbons (Fsp3) is 0.556. The van der Waals surface area contributed by atoms with Crippen LogP contribution in [0.4, 0.5) is 21.9 Å². The molecule has 1 heterocycles. The monoisotopic (exact) mass is 648 g/mol. The molecule has 11 heteroatoms. The molecule has 0 saturated heterocycles. The second kappa shape index (κ2) is 16.0. The first-order chi connectivity index (χ1) is 22.3. The summed E-state index contributed by atoms with van der Waals surface area (Å²) in [7, 11) is 5.82. The Balaban J connectivity index is 1.40. The number of esters is 1. The van der Waals surface area contributed by atoms with Crippen LogP contribution in [-0.4, -0.2) is 80.1 Å². The highest BCUT2D eigenvalue weighted by Gasteiger charge is 2.28. The van der Waals surface area contributed by atoms with E-state index in [1.807, 2.05) is 101 Å². The van der Waals surface area contributed by atoms with Crippen molar-refractivity contribution in [2.45, 2.75) is 91.3 Å². The number of carbonyl (C=O) groups excluding carboxylic acids is 3. The van der Waals surface area contributed by atoms with Crippen LogP contribution in [0.3, 0.4) is 0 Å². The quantitative estimate of drug-likeness (QED) is 0.217. The summed E-state index contributed by atoms with van der Waals surface area (Å²) in [6.45, 7) is 8.53. The summed E-state index contributed by atoms with van der Waals surface area (Å²) in [5.41, 5.74) is 2.93. The second-order valence-corrected chi connectivity index (χ2v) is 13.8. The number of guanidine groups is 1. The maximum atomic E-state index is 13.0. The molecular weight excluding hydrogens is 596 g/mol. The van der Waals surface area contributed by atoms with Gasteiger partial charge in [0.1, 0.15) is 18.4 Å². The number of anilines is 2. The van der Waals surface area contributed by atoms with Gasteiger partial charge in [0.05, 0.1) is 12.3 Å². The van der Waals surface area contributed by atoms with Gasteiger partial charge < -0.3 is 29.5 Å². The fourth-order valence-electron chi connectivity index (χ4n) is 5.53. The molecule has 2 N–H and O–H groups in total. The van der Waals surface area contributed by atoms with Crippen molar-refractivity contribution in [2.75, 3.05) is 44.5 Å². The molecule has 2 aliphatic rings. The molecule has 1 fully saturated rings. The summed E-state index contributed by atoms with van der Waals surface area (Å²) in [6, 6.07) is 12.9. The summed E-state index contributed by atoms with van der Waals surface area (Å²) < 4.78 is 11.7. The molecular formula is C36H52N6O5. The Hall–Kier alpha value is -4.28. The molecule has 0 bridgehead atoms. The molecule has 0 radical (unpaired) electrons. The maximum absolute atomic E-state index is 13.0. The lowest BCUT2D eigenvalue weighted by molar-refractivity contribution is -0.153. The van der Waals surface area contributed by atoms with Gasteiger partial charge in [-0.15, -0.1) is 0 Å². The number of aliphatic imine (C=N–C) groups is 1. The van der Waals surface area contributed by atoms with E-state index in [4.69, 9.17) is 14.5 Å². The third-order valence-electron chi connectivity index (χ3n) is 8.97. The van der Waals surface area contributed by atoms with Gasteiger partial charge in [-0.1, -0.05) is 40.0 Å². The molecule has 1 aliphatic heterocycles. The molecule has 2 aromatic carbocycles. The van der Waals surface area contributed by atoms with Crippen LogP contribution in [0.25, 0.3) is 0 Å². The Morgan fingerprint density at radius 2 is 1.70 bits per heavy atom. The van der Waals surface area contributed by atoms with Gasteiger partial charge in [-0.05, 0) is 74.1 Å². The first kappa shape index (κ1) is 35.6. The van der Waals surface area contributed by atoms with E-state index in [0.29, 0.717) is 49.2 Å². The summed E-state index contributed by atoms with van der Waals surface area (Å²) >= 11 is 0. The van der Waals surface area contributed by atoms with Crippen LogP contribution in [-0.2, 0) is 20.9 Å². The number of rotatable bonds is 11. The Kier molecular flexibility index (Phi) is 12.1. The minimum absolute atomic E-state index is 0.0990.